The van der Waals surface area contributed by atoms with E-state index in [1.54, 1.807) is 12.3 Å². The molecule has 0 amide bonds. The summed E-state index contributed by atoms with van der Waals surface area (Å²) >= 11 is 0. The van der Waals surface area contributed by atoms with Gasteiger partial charge in [0.15, 0.2) is 0 Å². The highest BCUT2D eigenvalue weighted by Crippen LogP contribution is 2.26. The summed E-state index contributed by atoms with van der Waals surface area (Å²) in [6.07, 6.45) is 5.45. The molecule has 0 unspecified atom stereocenters. The second-order valence-electron chi connectivity index (χ2n) is 5.84. The number of aromatic amines is 2. The van der Waals surface area contributed by atoms with Crippen LogP contribution in [-0.2, 0) is 0 Å². The summed E-state index contributed by atoms with van der Waals surface area (Å²) in [6, 6.07) is 9.82. The van der Waals surface area contributed by atoms with E-state index in [-0.39, 0.29) is 5.56 Å². The third-order valence-corrected chi connectivity index (χ3v) is 4.30. The number of hydrogen-bond acceptors (Lipinski definition) is 3. The molecule has 22 heavy (non-hydrogen) atoms. The van der Waals surface area contributed by atoms with Gasteiger partial charge in [-0.3, -0.25) is 9.89 Å². The Morgan fingerprint density at radius 3 is 2.73 bits per heavy atom. The van der Waals surface area contributed by atoms with E-state index in [1.165, 1.54) is 19.3 Å². The van der Waals surface area contributed by atoms with Crippen LogP contribution in [0.4, 0.5) is 5.82 Å². The SMILES string of the molecule is O=c1cc(-c2ccc3[nH]ncc3c2)cc(N2CCCCC2)[nH]1. The molecule has 0 atom stereocenters. The minimum Gasteiger partial charge on any atom is -0.358 e. The van der Waals surface area contributed by atoms with E-state index in [4.69, 9.17) is 0 Å². The van der Waals surface area contributed by atoms with E-state index in [1.807, 2.05) is 12.1 Å². The van der Waals surface area contributed by atoms with Crippen molar-refractivity contribution in [2.45, 2.75) is 19.3 Å². The largest absolute Gasteiger partial charge is 0.358 e. The lowest BCUT2D eigenvalue weighted by molar-refractivity contribution is 0.573. The molecule has 0 spiro atoms. The number of aromatic nitrogens is 3. The lowest BCUT2D eigenvalue weighted by Gasteiger charge is -2.28. The molecule has 2 aromatic heterocycles. The highest BCUT2D eigenvalue weighted by molar-refractivity contribution is 5.84. The third-order valence-electron chi connectivity index (χ3n) is 4.30. The lowest BCUT2D eigenvalue weighted by Crippen LogP contribution is -2.31. The number of hydrogen-bond donors (Lipinski definition) is 2. The van der Waals surface area contributed by atoms with Gasteiger partial charge in [-0.25, -0.2) is 0 Å². The van der Waals surface area contributed by atoms with Crippen LogP contribution in [0.3, 0.4) is 0 Å². The van der Waals surface area contributed by atoms with Crippen LogP contribution in [0.15, 0.2) is 41.3 Å². The van der Waals surface area contributed by atoms with Crippen LogP contribution in [0.5, 0.6) is 0 Å². The maximum Gasteiger partial charge on any atom is 0.250 e. The van der Waals surface area contributed by atoms with Crippen molar-refractivity contribution in [3.63, 3.8) is 0 Å². The van der Waals surface area contributed by atoms with Crippen molar-refractivity contribution in [3.05, 3.63) is 46.9 Å². The second-order valence-corrected chi connectivity index (χ2v) is 5.84. The van der Waals surface area contributed by atoms with E-state index in [2.05, 4.69) is 32.2 Å². The van der Waals surface area contributed by atoms with E-state index >= 15 is 0 Å². The van der Waals surface area contributed by atoms with Gasteiger partial charge in [0.1, 0.15) is 5.82 Å². The highest BCUT2D eigenvalue weighted by Gasteiger charge is 2.13. The zero-order chi connectivity index (χ0) is 14.9. The van der Waals surface area contributed by atoms with Crippen molar-refractivity contribution in [2.24, 2.45) is 0 Å². The number of nitrogens with zero attached hydrogens (tertiary/aromatic N) is 2. The number of anilines is 1. The Hall–Kier alpha value is -2.56. The maximum atomic E-state index is 12.0. The standard InChI is InChI=1S/C17H18N4O/c22-17-10-13(9-16(19-17)21-6-2-1-3-7-21)12-4-5-15-14(8-12)11-18-20-15/h4-5,8-11H,1-3,6-7H2,(H,18,20)(H,19,22). The summed E-state index contributed by atoms with van der Waals surface area (Å²) in [7, 11) is 0. The normalized spacial score (nSPS) is 15.4. The van der Waals surface area contributed by atoms with Crippen molar-refractivity contribution in [2.75, 3.05) is 18.0 Å². The van der Waals surface area contributed by atoms with Crippen LogP contribution < -0.4 is 10.5 Å². The average Bonchev–Trinajstić information content (AvgIpc) is 3.02. The molecule has 1 aliphatic rings. The lowest BCUT2D eigenvalue weighted by atomic mass is 10.0. The molecule has 1 saturated heterocycles. The molecular weight excluding hydrogens is 276 g/mol. The van der Waals surface area contributed by atoms with Gasteiger partial charge in [-0.15, -0.1) is 0 Å². The van der Waals surface area contributed by atoms with Gasteiger partial charge in [0.05, 0.1) is 11.7 Å². The van der Waals surface area contributed by atoms with Crippen LogP contribution in [-0.4, -0.2) is 28.3 Å². The topological polar surface area (TPSA) is 64.8 Å². The van der Waals surface area contributed by atoms with Crippen molar-refractivity contribution in [1.82, 2.24) is 15.2 Å². The Balaban J connectivity index is 1.77. The number of fused-ring (bicyclic) bond motifs is 1. The molecule has 1 aliphatic heterocycles. The summed E-state index contributed by atoms with van der Waals surface area (Å²) in [5.41, 5.74) is 2.95. The van der Waals surface area contributed by atoms with Crippen molar-refractivity contribution >= 4 is 16.7 Å². The van der Waals surface area contributed by atoms with Gasteiger partial charge < -0.3 is 9.88 Å². The van der Waals surface area contributed by atoms with Gasteiger partial charge in [0.2, 0.25) is 5.56 Å². The molecule has 1 aromatic carbocycles. The molecule has 0 radical (unpaired) electrons. The van der Waals surface area contributed by atoms with Gasteiger partial charge >= 0.3 is 0 Å². The molecule has 4 rings (SSSR count). The zero-order valence-electron chi connectivity index (χ0n) is 12.3. The van der Waals surface area contributed by atoms with Crippen LogP contribution in [0.1, 0.15) is 19.3 Å². The Labute approximate surface area is 128 Å². The number of rotatable bonds is 2. The fourth-order valence-electron chi connectivity index (χ4n) is 3.12. The van der Waals surface area contributed by atoms with Crippen LogP contribution in [0, 0.1) is 0 Å². The van der Waals surface area contributed by atoms with Gasteiger partial charge in [-0.1, -0.05) is 6.07 Å². The molecule has 3 heterocycles. The number of pyridine rings is 1. The Morgan fingerprint density at radius 2 is 1.86 bits per heavy atom. The van der Waals surface area contributed by atoms with Gasteiger partial charge in [0.25, 0.3) is 0 Å². The summed E-state index contributed by atoms with van der Waals surface area (Å²) in [6.45, 7) is 2.03. The zero-order valence-corrected chi connectivity index (χ0v) is 12.3. The predicted molar refractivity (Wildman–Crippen MR) is 88.2 cm³/mol. The van der Waals surface area contributed by atoms with Gasteiger partial charge in [-0.2, -0.15) is 5.10 Å². The Bertz CT molecular complexity index is 858. The molecule has 0 saturated carbocycles. The van der Waals surface area contributed by atoms with Crippen LogP contribution in [0.2, 0.25) is 0 Å². The van der Waals surface area contributed by atoms with E-state index in [0.717, 1.165) is 40.9 Å². The molecule has 5 heteroatoms. The van der Waals surface area contributed by atoms with E-state index < -0.39 is 0 Å². The number of piperidine rings is 1. The van der Waals surface area contributed by atoms with Crippen LogP contribution >= 0.6 is 0 Å². The molecular formula is C17H18N4O. The predicted octanol–water partition coefficient (Wildman–Crippen LogP) is 2.91. The minimum atomic E-state index is -0.0506. The van der Waals surface area contributed by atoms with E-state index in [9.17, 15) is 4.79 Å². The van der Waals surface area contributed by atoms with Crippen molar-refractivity contribution < 1.29 is 0 Å². The summed E-state index contributed by atoms with van der Waals surface area (Å²) in [5, 5.41) is 8.04. The first kappa shape index (κ1) is 13.1. The molecule has 0 aliphatic carbocycles. The van der Waals surface area contributed by atoms with Crippen molar-refractivity contribution in [3.8, 4) is 11.1 Å². The second kappa shape index (κ2) is 5.33. The fraction of sp³-hybridized carbons (Fsp3) is 0.294. The molecule has 0 bridgehead atoms. The average molecular weight is 294 g/mol. The molecule has 2 N–H and O–H groups in total. The number of nitrogens with one attached hydrogen (secondary N) is 2. The first-order valence-corrected chi connectivity index (χ1v) is 7.72. The molecule has 1 fully saturated rings. The highest BCUT2D eigenvalue weighted by atomic mass is 16.1. The first-order valence-electron chi connectivity index (χ1n) is 7.72. The fourth-order valence-corrected chi connectivity index (χ4v) is 3.12. The van der Waals surface area contributed by atoms with Gasteiger partial charge in [-0.05, 0) is 48.6 Å². The Morgan fingerprint density at radius 1 is 1.00 bits per heavy atom. The first-order chi connectivity index (χ1) is 10.8. The summed E-state index contributed by atoms with van der Waals surface area (Å²) in [5.74, 6) is 0.925. The number of benzene rings is 1. The van der Waals surface area contributed by atoms with Crippen molar-refractivity contribution in [1.29, 1.82) is 0 Å². The maximum absolute atomic E-state index is 12.0. The summed E-state index contributed by atoms with van der Waals surface area (Å²) in [4.78, 5) is 17.3. The van der Waals surface area contributed by atoms with E-state index in [0.29, 0.717) is 0 Å². The van der Waals surface area contributed by atoms with Gasteiger partial charge in [0, 0.05) is 24.5 Å². The Kier molecular flexibility index (Phi) is 3.18. The summed E-state index contributed by atoms with van der Waals surface area (Å²) < 4.78 is 0. The molecule has 5 nitrogen and oxygen atoms in total. The monoisotopic (exact) mass is 294 g/mol. The smallest absolute Gasteiger partial charge is 0.250 e. The molecule has 112 valence electrons. The molecule has 3 aromatic rings. The number of H-pyrrole nitrogens is 2. The minimum absolute atomic E-state index is 0.0506. The third kappa shape index (κ3) is 2.39. The van der Waals surface area contributed by atoms with Crippen LogP contribution in [0.25, 0.3) is 22.0 Å². The quantitative estimate of drug-likeness (QED) is 0.764.